The highest BCUT2D eigenvalue weighted by atomic mass is 32.5. The Morgan fingerprint density at radius 2 is 2.11 bits per heavy atom. The Morgan fingerprint density at radius 3 is 2.67 bits per heavy atom. The summed E-state index contributed by atoms with van der Waals surface area (Å²) in [5.41, 5.74) is 4.36. The molecule has 27 heavy (non-hydrogen) atoms. The maximum atomic E-state index is 11.0. The number of rotatable bonds is 6. The normalized spacial score (nSPS) is 31.6. The largest absolute Gasteiger partial charge is 0.394 e. The summed E-state index contributed by atoms with van der Waals surface area (Å²) >= 11 is 4.66. The van der Waals surface area contributed by atoms with Gasteiger partial charge in [-0.1, -0.05) is 0 Å². The minimum absolute atomic E-state index is 0.0469. The van der Waals surface area contributed by atoms with Gasteiger partial charge in [-0.15, -0.1) is 0 Å². The Hall–Kier alpha value is -1.28. The molecule has 0 radical (unpaired) electrons. The topological polar surface area (TPSA) is 189 Å². The number of aliphatic hydroxyl groups is 3. The molecule has 3 rings (SSSR count). The second-order valence-corrected chi connectivity index (χ2v) is 9.48. The second kappa shape index (κ2) is 6.95. The molecule has 1 aliphatic heterocycles. The van der Waals surface area contributed by atoms with Crippen LogP contribution in [0.5, 0.6) is 0 Å². The van der Waals surface area contributed by atoms with E-state index in [0.29, 0.717) is 0 Å². The summed E-state index contributed by atoms with van der Waals surface area (Å²) in [6.07, 6.45) is -1.16. The van der Waals surface area contributed by atoms with Crippen molar-refractivity contribution in [3.05, 3.63) is 12.7 Å². The first kappa shape index (κ1) is 20.5. The van der Waals surface area contributed by atoms with Crippen LogP contribution in [0.1, 0.15) is 6.42 Å². The van der Waals surface area contributed by atoms with Crippen LogP contribution in [0, 0.1) is 0 Å². The number of imidazole rings is 1. The number of ether oxygens (including phenoxy) is 2. The number of nitrogens with zero attached hydrogens (tertiary/aromatic N) is 4. The first-order valence-corrected chi connectivity index (χ1v) is 10.5. The van der Waals surface area contributed by atoms with E-state index < -0.39 is 36.4 Å². The molecule has 1 saturated heterocycles. The van der Waals surface area contributed by atoms with Gasteiger partial charge >= 0.3 is 0 Å². The summed E-state index contributed by atoms with van der Waals surface area (Å²) in [6.45, 7) is -5.30. The maximum Gasteiger partial charge on any atom is 0.221 e. The van der Waals surface area contributed by atoms with Gasteiger partial charge in [0.25, 0.3) is 0 Å². The van der Waals surface area contributed by atoms with Gasteiger partial charge < -0.3 is 40.3 Å². The highest BCUT2D eigenvalue weighted by Crippen LogP contribution is 2.61. The van der Waals surface area contributed by atoms with Gasteiger partial charge in [0.1, 0.15) is 24.1 Å². The third-order valence-electron chi connectivity index (χ3n) is 4.72. The molecule has 1 fully saturated rings. The molecule has 7 N–H and O–H groups in total. The van der Waals surface area contributed by atoms with Crippen LogP contribution in [-0.4, -0.2) is 82.5 Å². The van der Waals surface area contributed by atoms with Crippen molar-refractivity contribution in [3.63, 3.8) is 0 Å². The molecule has 0 aromatic carbocycles. The van der Waals surface area contributed by atoms with E-state index in [1.54, 1.807) is 0 Å². The van der Waals surface area contributed by atoms with Gasteiger partial charge in [-0.2, -0.15) is 0 Å². The van der Waals surface area contributed by atoms with Gasteiger partial charge in [0.05, 0.1) is 19.5 Å². The molecule has 0 amide bonds. The average Bonchev–Trinajstić information content (AvgIpc) is 3.14. The maximum absolute atomic E-state index is 11.0. The lowest BCUT2D eigenvalue weighted by molar-refractivity contribution is -0.157. The summed E-state index contributed by atoms with van der Waals surface area (Å²) < 4.78 is 12.1. The van der Waals surface area contributed by atoms with Crippen molar-refractivity contribution in [1.29, 1.82) is 0 Å². The van der Waals surface area contributed by atoms with E-state index in [1.807, 2.05) is 0 Å². The molecule has 0 saturated carbocycles. The number of aliphatic hydroxyl groups excluding tert-OH is 2. The van der Waals surface area contributed by atoms with E-state index in [9.17, 15) is 25.1 Å². The van der Waals surface area contributed by atoms with E-state index in [4.69, 9.17) is 15.2 Å². The zero-order chi connectivity index (χ0) is 20.0. The van der Waals surface area contributed by atoms with Crippen LogP contribution in [0.15, 0.2) is 12.7 Å². The lowest BCUT2D eigenvalue weighted by Gasteiger charge is -2.37. The molecule has 2 aromatic heterocycles. The van der Waals surface area contributed by atoms with Gasteiger partial charge in [0.2, 0.25) is 6.49 Å². The third kappa shape index (κ3) is 2.87. The van der Waals surface area contributed by atoms with Gasteiger partial charge in [-0.3, -0.25) is 4.57 Å². The number of nitrogens with two attached hydrogens (primary N) is 1. The fourth-order valence-electron chi connectivity index (χ4n) is 3.31. The molecule has 0 bridgehead atoms. The van der Waals surface area contributed by atoms with Crippen LogP contribution in [0.3, 0.4) is 0 Å². The smallest absolute Gasteiger partial charge is 0.221 e. The van der Waals surface area contributed by atoms with E-state index >= 15 is 0 Å². The standard InChI is InChI=1S/C13H20N5O7PS/c1-24-3-2-12(18-6-17-8-9(14)15-5-16-10(8)18)11(20)13(21,26(22,23)27)7(4-19)25-12/h5-7,11,19-21H,2-4H2,1H3,(H2,14,15,16)(H2,22,23,27)/t7-,11+,12-,13+/m1/s1. The predicted molar refractivity (Wildman–Crippen MR) is 95.8 cm³/mol. The molecule has 0 unspecified atom stereocenters. The minimum atomic E-state index is -4.52. The summed E-state index contributed by atoms with van der Waals surface area (Å²) in [6, 6.07) is 0. The molecular weight excluding hydrogens is 401 g/mol. The Kier molecular flexibility index (Phi) is 5.27. The van der Waals surface area contributed by atoms with E-state index in [2.05, 4.69) is 26.8 Å². The molecule has 1 aliphatic rings. The van der Waals surface area contributed by atoms with Gasteiger partial charge in [-0.25, -0.2) is 15.0 Å². The van der Waals surface area contributed by atoms with Crippen LogP contribution in [-0.2, 0) is 27.0 Å². The van der Waals surface area contributed by atoms with Crippen LogP contribution in [0.4, 0.5) is 5.82 Å². The van der Waals surface area contributed by atoms with Crippen LogP contribution < -0.4 is 5.73 Å². The zero-order valence-corrected chi connectivity index (χ0v) is 15.9. The molecular formula is C13H20N5O7PS. The molecule has 150 valence electrons. The summed E-state index contributed by atoms with van der Waals surface area (Å²) in [5.74, 6) is 0.0801. The van der Waals surface area contributed by atoms with Crippen LogP contribution in [0.25, 0.3) is 11.2 Å². The van der Waals surface area contributed by atoms with Crippen molar-refractivity contribution >= 4 is 35.3 Å². The molecule has 2 aromatic rings. The van der Waals surface area contributed by atoms with Crippen LogP contribution in [0.2, 0.25) is 0 Å². The molecule has 0 aliphatic carbocycles. The molecule has 4 atom stereocenters. The minimum Gasteiger partial charge on any atom is -0.394 e. The number of hydrogen-bond donors (Lipinski definition) is 6. The van der Waals surface area contributed by atoms with Gasteiger partial charge in [0.15, 0.2) is 22.5 Å². The SMILES string of the molecule is COCC[C@@]1(n2cnc3c(N)ncnc32)O[C@H](CO)[C@](O)(P(O)(O)=S)[C@H]1O. The Balaban J connectivity index is 2.25. The summed E-state index contributed by atoms with van der Waals surface area (Å²) in [7, 11) is 1.42. The molecule has 3 heterocycles. The van der Waals surface area contributed by atoms with Crippen LogP contribution >= 0.6 is 6.49 Å². The van der Waals surface area contributed by atoms with Gasteiger partial charge in [0, 0.05) is 13.5 Å². The number of nitrogen functional groups attached to an aromatic ring is 1. The lowest BCUT2D eigenvalue weighted by atomic mass is 9.98. The number of aromatic nitrogens is 4. The van der Waals surface area contributed by atoms with Crippen molar-refractivity contribution in [2.75, 3.05) is 26.1 Å². The lowest BCUT2D eigenvalue weighted by Crippen LogP contribution is -2.53. The zero-order valence-electron chi connectivity index (χ0n) is 14.2. The van der Waals surface area contributed by atoms with Crippen molar-refractivity contribution in [2.24, 2.45) is 0 Å². The van der Waals surface area contributed by atoms with Crippen molar-refractivity contribution in [3.8, 4) is 0 Å². The van der Waals surface area contributed by atoms with Gasteiger partial charge in [-0.05, 0) is 11.8 Å². The monoisotopic (exact) mass is 421 g/mol. The number of hydrogen-bond acceptors (Lipinski definition) is 10. The summed E-state index contributed by atoms with van der Waals surface area (Å²) in [4.78, 5) is 32.1. The fourth-order valence-corrected chi connectivity index (χ4v) is 4.99. The van der Waals surface area contributed by atoms with Crippen molar-refractivity contribution in [2.45, 2.75) is 29.7 Å². The first-order valence-electron chi connectivity index (χ1n) is 7.81. The van der Waals surface area contributed by atoms with Crippen molar-refractivity contribution < 1.29 is 34.6 Å². The van der Waals surface area contributed by atoms with E-state index in [-0.39, 0.29) is 30.0 Å². The Bertz CT molecular complexity index is 893. The number of fused-ring (bicyclic) bond motifs is 1. The predicted octanol–water partition coefficient (Wildman–Crippen LogP) is -2.17. The highest BCUT2D eigenvalue weighted by Gasteiger charge is 2.69. The summed E-state index contributed by atoms with van der Waals surface area (Å²) in [5, 5.41) is 28.8. The molecule has 12 nitrogen and oxygen atoms in total. The van der Waals surface area contributed by atoms with E-state index in [0.717, 1.165) is 0 Å². The second-order valence-electron chi connectivity index (χ2n) is 6.15. The Labute approximate surface area is 158 Å². The first-order chi connectivity index (χ1) is 12.6. The Morgan fingerprint density at radius 1 is 1.41 bits per heavy atom. The third-order valence-corrected chi connectivity index (χ3v) is 7.06. The molecule has 0 spiro atoms. The fraction of sp³-hybridized carbons (Fsp3) is 0.615. The number of anilines is 1. The highest BCUT2D eigenvalue weighted by molar-refractivity contribution is 8.09. The quantitative estimate of drug-likeness (QED) is 0.277. The average molecular weight is 421 g/mol. The number of methoxy groups -OCH3 is 1. The van der Waals surface area contributed by atoms with Crippen molar-refractivity contribution in [1.82, 2.24) is 19.5 Å². The molecule has 14 heteroatoms. The van der Waals surface area contributed by atoms with E-state index in [1.165, 1.54) is 24.3 Å².